The minimum absolute atomic E-state index is 0.0891. The maximum absolute atomic E-state index is 12.1. The third-order valence-electron chi connectivity index (χ3n) is 4.96. The first kappa shape index (κ1) is 13.9. The average Bonchev–Trinajstić information content (AvgIpc) is 2.69. The zero-order valence-electron chi connectivity index (χ0n) is 12.0. The van der Waals surface area contributed by atoms with Crippen molar-refractivity contribution in [2.24, 2.45) is 11.8 Å². The summed E-state index contributed by atoms with van der Waals surface area (Å²) in [5.74, 6) is 0.871. The minimum Gasteiger partial charge on any atom is -0.459 e. The molecule has 2 fully saturated rings. The van der Waals surface area contributed by atoms with Crippen LogP contribution in [0.15, 0.2) is 0 Å². The quantitative estimate of drug-likeness (QED) is 0.652. The van der Waals surface area contributed by atoms with Crippen LogP contribution in [0.4, 0.5) is 0 Å². The molecule has 2 atom stereocenters. The fourth-order valence-electron chi connectivity index (χ4n) is 3.94. The highest BCUT2D eigenvalue weighted by Gasteiger charge is 2.54. The SMILES string of the molecule is CCCCC1(CCCC)OC(=O)C2CCCCC21. The molecule has 1 aliphatic carbocycles. The van der Waals surface area contributed by atoms with Crippen molar-refractivity contribution in [3.8, 4) is 0 Å². The Morgan fingerprint density at radius 2 is 1.72 bits per heavy atom. The molecule has 18 heavy (non-hydrogen) atoms. The Kier molecular flexibility index (Phi) is 4.69. The molecular formula is C16H28O2. The van der Waals surface area contributed by atoms with Gasteiger partial charge in [-0.15, -0.1) is 0 Å². The lowest BCUT2D eigenvalue weighted by Gasteiger charge is -2.36. The first-order valence-electron chi connectivity index (χ1n) is 7.96. The van der Waals surface area contributed by atoms with Crippen LogP contribution in [0.1, 0.15) is 78.1 Å². The zero-order valence-corrected chi connectivity index (χ0v) is 12.0. The third kappa shape index (κ3) is 2.57. The van der Waals surface area contributed by atoms with E-state index < -0.39 is 0 Å². The van der Waals surface area contributed by atoms with Crippen molar-refractivity contribution in [2.45, 2.75) is 83.7 Å². The number of carbonyl (C=O) groups excluding carboxylic acids is 1. The molecular weight excluding hydrogens is 224 g/mol. The number of hydrogen-bond donors (Lipinski definition) is 0. The van der Waals surface area contributed by atoms with Crippen molar-refractivity contribution in [2.75, 3.05) is 0 Å². The van der Waals surface area contributed by atoms with Crippen molar-refractivity contribution in [3.63, 3.8) is 0 Å². The largest absolute Gasteiger partial charge is 0.459 e. The maximum Gasteiger partial charge on any atom is 0.309 e. The van der Waals surface area contributed by atoms with E-state index in [1.807, 2.05) is 0 Å². The smallest absolute Gasteiger partial charge is 0.309 e. The molecule has 1 heterocycles. The number of hydrogen-bond acceptors (Lipinski definition) is 2. The van der Waals surface area contributed by atoms with Gasteiger partial charge in [0.05, 0.1) is 5.92 Å². The van der Waals surface area contributed by atoms with Gasteiger partial charge in [0.1, 0.15) is 5.60 Å². The monoisotopic (exact) mass is 252 g/mol. The summed E-state index contributed by atoms with van der Waals surface area (Å²) in [6.07, 6.45) is 11.8. The fourth-order valence-corrected chi connectivity index (χ4v) is 3.94. The van der Waals surface area contributed by atoms with E-state index in [1.54, 1.807) is 0 Å². The average molecular weight is 252 g/mol. The summed E-state index contributed by atoms with van der Waals surface area (Å²) in [7, 11) is 0. The molecule has 0 spiro atoms. The molecule has 0 radical (unpaired) electrons. The molecule has 104 valence electrons. The van der Waals surface area contributed by atoms with Crippen molar-refractivity contribution < 1.29 is 9.53 Å². The van der Waals surface area contributed by atoms with E-state index in [4.69, 9.17) is 4.74 Å². The molecule has 1 aliphatic heterocycles. The highest BCUT2D eigenvalue weighted by molar-refractivity contribution is 5.76. The minimum atomic E-state index is -0.0891. The van der Waals surface area contributed by atoms with E-state index in [0.717, 1.165) is 19.3 Å². The summed E-state index contributed by atoms with van der Waals surface area (Å²) in [5.41, 5.74) is -0.0891. The molecule has 0 N–H and O–H groups in total. The predicted octanol–water partition coefficient (Wildman–Crippen LogP) is 4.47. The maximum atomic E-state index is 12.1. The van der Waals surface area contributed by atoms with Crippen LogP contribution in [0.2, 0.25) is 0 Å². The number of esters is 1. The van der Waals surface area contributed by atoms with Gasteiger partial charge in [0.2, 0.25) is 0 Å². The Morgan fingerprint density at radius 3 is 2.33 bits per heavy atom. The molecule has 0 aromatic carbocycles. The second kappa shape index (κ2) is 6.08. The number of rotatable bonds is 6. The molecule has 2 unspecified atom stereocenters. The first-order valence-corrected chi connectivity index (χ1v) is 7.96. The second-order valence-electron chi connectivity index (χ2n) is 6.19. The van der Waals surface area contributed by atoms with Crippen LogP contribution in [-0.4, -0.2) is 11.6 Å². The number of cyclic esters (lactones) is 1. The number of fused-ring (bicyclic) bond motifs is 1. The van der Waals surface area contributed by atoms with Gasteiger partial charge in [-0.2, -0.15) is 0 Å². The Morgan fingerprint density at radius 1 is 1.11 bits per heavy atom. The van der Waals surface area contributed by atoms with Gasteiger partial charge in [0.15, 0.2) is 0 Å². The van der Waals surface area contributed by atoms with Crippen LogP contribution in [0.25, 0.3) is 0 Å². The normalized spacial score (nSPS) is 30.0. The lowest BCUT2D eigenvalue weighted by atomic mass is 9.69. The van der Waals surface area contributed by atoms with Crippen molar-refractivity contribution >= 4 is 5.97 Å². The van der Waals surface area contributed by atoms with Crippen LogP contribution in [0.3, 0.4) is 0 Å². The lowest BCUT2D eigenvalue weighted by Crippen LogP contribution is -2.38. The molecule has 2 aliphatic rings. The number of ether oxygens (including phenoxy) is 1. The first-order chi connectivity index (χ1) is 8.73. The molecule has 1 saturated carbocycles. The van der Waals surface area contributed by atoms with Crippen molar-refractivity contribution in [3.05, 3.63) is 0 Å². The fraction of sp³-hybridized carbons (Fsp3) is 0.938. The summed E-state index contributed by atoms with van der Waals surface area (Å²) in [6, 6.07) is 0. The van der Waals surface area contributed by atoms with E-state index in [-0.39, 0.29) is 17.5 Å². The van der Waals surface area contributed by atoms with E-state index in [2.05, 4.69) is 13.8 Å². The molecule has 0 amide bonds. The number of carbonyl (C=O) groups is 1. The van der Waals surface area contributed by atoms with Gasteiger partial charge >= 0.3 is 5.97 Å². The van der Waals surface area contributed by atoms with E-state index in [1.165, 1.54) is 44.9 Å². The Hall–Kier alpha value is -0.530. The zero-order chi connectivity index (χ0) is 13.0. The van der Waals surface area contributed by atoms with Gasteiger partial charge in [-0.25, -0.2) is 0 Å². The highest BCUT2D eigenvalue weighted by Crippen LogP contribution is 2.50. The molecule has 0 aromatic rings. The van der Waals surface area contributed by atoms with E-state index in [0.29, 0.717) is 5.92 Å². The molecule has 0 aromatic heterocycles. The Bertz CT molecular complexity index is 277. The summed E-state index contributed by atoms with van der Waals surface area (Å²) in [4.78, 5) is 12.1. The standard InChI is InChI=1S/C16H28O2/c1-3-5-11-16(12-6-4-2)14-10-8-7-9-13(14)15(17)18-16/h13-14H,3-12H2,1-2H3. The van der Waals surface area contributed by atoms with Gasteiger partial charge in [-0.1, -0.05) is 39.5 Å². The molecule has 1 saturated heterocycles. The van der Waals surface area contributed by atoms with E-state index >= 15 is 0 Å². The van der Waals surface area contributed by atoms with Crippen molar-refractivity contribution in [1.82, 2.24) is 0 Å². The van der Waals surface area contributed by atoms with Gasteiger partial charge in [0, 0.05) is 5.92 Å². The van der Waals surface area contributed by atoms with Crippen LogP contribution >= 0.6 is 0 Å². The van der Waals surface area contributed by atoms with Crippen LogP contribution in [-0.2, 0) is 9.53 Å². The Labute approximate surface area is 111 Å². The van der Waals surface area contributed by atoms with Crippen LogP contribution < -0.4 is 0 Å². The predicted molar refractivity (Wildman–Crippen MR) is 73.3 cm³/mol. The van der Waals surface area contributed by atoms with Crippen molar-refractivity contribution in [1.29, 1.82) is 0 Å². The summed E-state index contributed by atoms with van der Waals surface area (Å²) >= 11 is 0. The van der Waals surface area contributed by atoms with Gasteiger partial charge in [-0.05, 0) is 38.5 Å². The highest BCUT2D eigenvalue weighted by atomic mass is 16.6. The Balaban J connectivity index is 2.13. The molecule has 0 bridgehead atoms. The molecule has 2 heteroatoms. The third-order valence-corrected chi connectivity index (χ3v) is 4.96. The summed E-state index contributed by atoms with van der Waals surface area (Å²) < 4.78 is 5.96. The second-order valence-corrected chi connectivity index (χ2v) is 6.19. The number of unbranched alkanes of at least 4 members (excludes halogenated alkanes) is 2. The van der Waals surface area contributed by atoms with Gasteiger partial charge in [0.25, 0.3) is 0 Å². The molecule has 2 rings (SSSR count). The van der Waals surface area contributed by atoms with E-state index in [9.17, 15) is 4.79 Å². The van der Waals surface area contributed by atoms with Crippen LogP contribution in [0, 0.1) is 11.8 Å². The van der Waals surface area contributed by atoms with Crippen LogP contribution in [0.5, 0.6) is 0 Å². The lowest BCUT2D eigenvalue weighted by molar-refractivity contribution is -0.152. The molecule has 2 nitrogen and oxygen atoms in total. The summed E-state index contributed by atoms with van der Waals surface area (Å²) in [6.45, 7) is 4.45. The van der Waals surface area contributed by atoms with Gasteiger partial charge < -0.3 is 4.74 Å². The summed E-state index contributed by atoms with van der Waals surface area (Å²) in [5, 5.41) is 0. The van der Waals surface area contributed by atoms with Gasteiger partial charge in [-0.3, -0.25) is 4.79 Å². The topological polar surface area (TPSA) is 26.3 Å².